The number of carbonyl (C=O) groups excluding carboxylic acids is 1. The molecule has 32 heavy (non-hydrogen) atoms. The second kappa shape index (κ2) is 8.97. The summed E-state index contributed by atoms with van der Waals surface area (Å²) < 4.78 is 62.0. The molecule has 0 radical (unpaired) electrons. The van der Waals surface area contributed by atoms with Crippen molar-refractivity contribution in [2.24, 2.45) is 11.8 Å². The zero-order valence-corrected chi connectivity index (χ0v) is 18.3. The molecule has 3 fully saturated rings. The number of nitrogens with zero attached hydrogens (tertiary/aromatic N) is 2. The summed E-state index contributed by atoms with van der Waals surface area (Å²) in [5.74, 6) is -2.03. The van der Waals surface area contributed by atoms with E-state index < -0.39 is 26.7 Å². The van der Waals surface area contributed by atoms with Gasteiger partial charge in [-0.25, -0.2) is 13.2 Å². The molecule has 1 aromatic heterocycles. The topological polar surface area (TPSA) is 114 Å². The van der Waals surface area contributed by atoms with E-state index in [2.05, 4.69) is 4.98 Å². The van der Waals surface area contributed by atoms with Gasteiger partial charge in [0, 0.05) is 37.5 Å². The van der Waals surface area contributed by atoms with Crippen LogP contribution in [0.3, 0.4) is 0 Å². The molecule has 0 bridgehead atoms. The molecule has 4 rings (SSSR count). The van der Waals surface area contributed by atoms with Crippen LogP contribution < -0.4 is 0 Å². The predicted molar refractivity (Wildman–Crippen MR) is 107 cm³/mol. The van der Waals surface area contributed by atoms with Crippen molar-refractivity contribution in [2.45, 2.75) is 37.1 Å². The highest BCUT2D eigenvalue weighted by Gasteiger charge is 2.62. The Labute approximate surface area is 183 Å². The quantitative estimate of drug-likeness (QED) is 0.689. The number of likely N-dealkylation sites (tertiary alicyclic amines) is 1. The van der Waals surface area contributed by atoms with E-state index in [1.165, 1.54) is 12.8 Å². The fraction of sp³-hybridized carbons (Fsp3) is 0.650. The molecule has 1 atom stereocenters. The molecular formula is C20H25F3N2O6S. The number of rotatable bonds is 5. The van der Waals surface area contributed by atoms with E-state index in [0.29, 0.717) is 24.5 Å². The number of hydrogen-bond acceptors (Lipinski definition) is 6. The van der Waals surface area contributed by atoms with Gasteiger partial charge in [0.05, 0.1) is 17.9 Å². The van der Waals surface area contributed by atoms with Gasteiger partial charge in [-0.2, -0.15) is 13.2 Å². The van der Waals surface area contributed by atoms with E-state index in [4.69, 9.17) is 14.6 Å². The number of pyridine rings is 1. The first-order valence-electron chi connectivity index (χ1n) is 10.2. The lowest BCUT2D eigenvalue weighted by molar-refractivity contribution is -0.192. The van der Waals surface area contributed by atoms with E-state index in [1.54, 1.807) is 23.2 Å². The summed E-state index contributed by atoms with van der Waals surface area (Å²) in [4.78, 5) is 27.2. The van der Waals surface area contributed by atoms with Crippen molar-refractivity contribution in [3.05, 3.63) is 29.6 Å². The summed E-state index contributed by atoms with van der Waals surface area (Å²) >= 11 is 0. The predicted octanol–water partition coefficient (Wildman–Crippen LogP) is 2.08. The van der Waals surface area contributed by atoms with Crippen molar-refractivity contribution in [1.82, 2.24) is 9.88 Å². The van der Waals surface area contributed by atoms with Gasteiger partial charge in [-0.15, -0.1) is 0 Å². The van der Waals surface area contributed by atoms with E-state index in [9.17, 15) is 26.4 Å². The van der Waals surface area contributed by atoms with Gasteiger partial charge in [-0.05, 0) is 44.2 Å². The molecule has 1 spiro atoms. The number of carboxylic acids is 1. The van der Waals surface area contributed by atoms with Crippen LogP contribution in [0, 0.1) is 18.8 Å². The third kappa shape index (κ3) is 5.22. The van der Waals surface area contributed by atoms with Crippen molar-refractivity contribution in [3.8, 4) is 0 Å². The van der Waals surface area contributed by atoms with Crippen LogP contribution >= 0.6 is 0 Å². The standard InChI is InChI=1S/C18H24N2O4S.C2HF3O2/c1-13-2-5-15(8-19-13)17(21)20-11-18(12-20)16(6-7-25(18,22)23)10-24-9-14-3-4-14;3-2(4,5)1(6)7/h2,5,8,14,16H,3-4,6-7,9-12H2,1H3;(H,6,7). The van der Waals surface area contributed by atoms with Gasteiger partial charge < -0.3 is 14.7 Å². The lowest BCUT2D eigenvalue weighted by Gasteiger charge is -2.49. The second-order valence-electron chi connectivity index (χ2n) is 8.50. The average molecular weight is 478 g/mol. The normalized spacial score (nSPS) is 23.2. The van der Waals surface area contributed by atoms with Crippen molar-refractivity contribution < 1.29 is 41.0 Å². The number of halogens is 3. The molecule has 178 valence electrons. The first-order chi connectivity index (χ1) is 14.9. The van der Waals surface area contributed by atoms with E-state index in [0.717, 1.165) is 12.3 Å². The minimum Gasteiger partial charge on any atom is -0.475 e. The van der Waals surface area contributed by atoms with Crippen molar-refractivity contribution in [2.75, 3.05) is 32.1 Å². The van der Waals surface area contributed by atoms with E-state index in [-0.39, 0.29) is 30.7 Å². The molecule has 12 heteroatoms. The number of carbonyl (C=O) groups is 2. The number of aliphatic carboxylic acids is 1. The maximum absolute atomic E-state index is 12.6. The Balaban J connectivity index is 0.000000360. The van der Waals surface area contributed by atoms with Crippen LogP contribution in [-0.2, 0) is 19.4 Å². The zero-order valence-electron chi connectivity index (χ0n) is 17.5. The summed E-state index contributed by atoms with van der Waals surface area (Å²) in [5, 5.41) is 7.12. The molecule has 1 N–H and O–H groups in total. The van der Waals surface area contributed by atoms with Crippen molar-refractivity contribution >= 4 is 21.7 Å². The fourth-order valence-corrected chi connectivity index (χ4v) is 6.29. The van der Waals surface area contributed by atoms with Crippen LogP contribution in [-0.4, -0.2) is 78.3 Å². The van der Waals surface area contributed by atoms with Crippen LogP contribution in [0.25, 0.3) is 0 Å². The number of carboxylic acid groups (broad SMARTS) is 1. The van der Waals surface area contributed by atoms with Gasteiger partial charge in [0.1, 0.15) is 4.75 Å². The van der Waals surface area contributed by atoms with Crippen LogP contribution in [0.2, 0.25) is 0 Å². The molecule has 1 aliphatic carbocycles. The molecule has 1 unspecified atom stereocenters. The second-order valence-corrected chi connectivity index (χ2v) is 11.0. The Morgan fingerprint density at radius 3 is 2.34 bits per heavy atom. The highest BCUT2D eigenvalue weighted by molar-refractivity contribution is 7.93. The maximum Gasteiger partial charge on any atom is 0.490 e. The average Bonchev–Trinajstić information content (AvgIpc) is 3.44. The minimum absolute atomic E-state index is 0.00329. The highest BCUT2D eigenvalue weighted by atomic mass is 32.2. The maximum atomic E-state index is 12.6. The summed E-state index contributed by atoms with van der Waals surface area (Å²) in [7, 11) is -3.18. The lowest BCUT2D eigenvalue weighted by Crippen LogP contribution is -2.68. The van der Waals surface area contributed by atoms with Gasteiger partial charge in [0.2, 0.25) is 0 Å². The van der Waals surface area contributed by atoms with Gasteiger partial charge in [0.25, 0.3) is 5.91 Å². The number of hydrogen-bond donors (Lipinski definition) is 1. The minimum atomic E-state index is -5.08. The number of ether oxygens (including phenoxy) is 1. The molecule has 2 saturated heterocycles. The third-order valence-electron chi connectivity index (χ3n) is 6.07. The molecule has 0 aromatic carbocycles. The van der Waals surface area contributed by atoms with Gasteiger partial charge in [-0.1, -0.05) is 0 Å². The number of alkyl halides is 3. The zero-order chi connectivity index (χ0) is 23.7. The van der Waals surface area contributed by atoms with Crippen LogP contribution in [0.5, 0.6) is 0 Å². The summed E-state index contributed by atoms with van der Waals surface area (Å²) in [6.07, 6.45) is -0.439. The Bertz CT molecular complexity index is 955. The van der Waals surface area contributed by atoms with E-state index >= 15 is 0 Å². The van der Waals surface area contributed by atoms with Crippen LogP contribution in [0.4, 0.5) is 13.2 Å². The Hall–Kier alpha value is -2.21. The molecule has 3 aliphatic rings. The lowest BCUT2D eigenvalue weighted by atomic mass is 9.83. The smallest absolute Gasteiger partial charge is 0.475 e. The van der Waals surface area contributed by atoms with Gasteiger partial charge in [-0.3, -0.25) is 9.78 Å². The first-order valence-corrected chi connectivity index (χ1v) is 11.8. The summed E-state index contributed by atoms with van der Waals surface area (Å²) in [5.41, 5.74) is 1.36. The number of aromatic nitrogens is 1. The Kier molecular flexibility index (Phi) is 6.85. The third-order valence-corrected chi connectivity index (χ3v) is 8.68. The van der Waals surface area contributed by atoms with Crippen LogP contribution in [0.15, 0.2) is 18.3 Å². The first kappa shape index (κ1) is 24.4. The van der Waals surface area contributed by atoms with Gasteiger partial charge in [0.15, 0.2) is 9.84 Å². The molecule has 1 aromatic rings. The monoisotopic (exact) mass is 478 g/mol. The van der Waals surface area contributed by atoms with Gasteiger partial charge >= 0.3 is 12.1 Å². The molecule has 3 heterocycles. The number of amides is 1. The molecule has 2 aliphatic heterocycles. The largest absolute Gasteiger partial charge is 0.490 e. The van der Waals surface area contributed by atoms with E-state index in [1.807, 2.05) is 6.92 Å². The summed E-state index contributed by atoms with van der Waals surface area (Å²) in [6.45, 7) is 3.65. The molecule has 1 saturated carbocycles. The number of aryl methyl sites for hydroxylation is 1. The highest BCUT2D eigenvalue weighted by Crippen LogP contribution is 2.45. The van der Waals surface area contributed by atoms with Crippen LogP contribution in [0.1, 0.15) is 35.3 Å². The van der Waals surface area contributed by atoms with Crippen molar-refractivity contribution in [3.63, 3.8) is 0 Å². The molecular weight excluding hydrogens is 453 g/mol. The molecule has 1 amide bonds. The Morgan fingerprint density at radius 2 is 1.84 bits per heavy atom. The summed E-state index contributed by atoms with van der Waals surface area (Å²) in [6, 6.07) is 3.54. The Morgan fingerprint density at radius 1 is 1.22 bits per heavy atom. The molecule has 8 nitrogen and oxygen atoms in total. The number of sulfone groups is 1. The van der Waals surface area contributed by atoms with Crippen molar-refractivity contribution in [1.29, 1.82) is 0 Å². The SMILES string of the molecule is Cc1ccc(C(=O)N2CC3(C2)C(COCC2CC2)CCS3(=O)=O)cn1.O=C(O)C(F)(F)F. The fourth-order valence-electron chi connectivity index (χ4n) is 3.89.